The number of anilines is 3. The molecule has 0 aliphatic heterocycles. The summed E-state index contributed by atoms with van der Waals surface area (Å²) in [4.78, 5) is 11.0. The van der Waals surface area contributed by atoms with Crippen LogP contribution in [0.3, 0.4) is 0 Å². The zero-order valence-corrected chi connectivity index (χ0v) is 10.1. The highest BCUT2D eigenvalue weighted by molar-refractivity contribution is 5.95. The molecule has 0 bridgehead atoms. The van der Waals surface area contributed by atoms with E-state index in [9.17, 15) is 18.0 Å². The lowest BCUT2D eigenvalue weighted by molar-refractivity contribution is 0.100. The molecule has 0 atom stereocenters. The number of nitrogens with two attached hydrogens (primary N) is 2. The van der Waals surface area contributed by atoms with Crippen molar-refractivity contribution in [2.75, 3.05) is 11.1 Å². The number of rotatable bonds is 3. The molecule has 0 spiro atoms. The molecule has 2 rings (SSSR count). The Bertz CT molecular complexity index is 666. The van der Waals surface area contributed by atoms with Gasteiger partial charge in [-0.05, 0) is 18.2 Å². The van der Waals surface area contributed by atoms with Crippen molar-refractivity contribution in [2.24, 2.45) is 5.73 Å². The molecule has 2 aromatic rings. The summed E-state index contributed by atoms with van der Waals surface area (Å²) in [6.45, 7) is 0. The summed E-state index contributed by atoms with van der Waals surface area (Å²) in [7, 11) is 0. The second-order valence-electron chi connectivity index (χ2n) is 4.05. The zero-order valence-electron chi connectivity index (χ0n) is 10.1. The number of carbonyl (C=O) groups is 1. The number of benzene rings is 2. The van der Waals surface area contributed by atoms with Crippen molar-refractivity contribution in [1.82, 2.24) is 0 Å². The molecule has 0 saturated heterocycles. The van der Waals surface area contributed by atoms with Gasteiger partial charge < -0.3 is 16.8 Å². The molecule has 1 amide bonds. The Balaban J connectivity index is 2.33. The van der Waals surface area contributed by atoms with E-state index in [-0.39, 0.29) is 16.9 Å². The van der Waals surface area contributed by atoms with Crippen LogP contribution in [-0.4, -0.2) is 5.91 Å². The molecule has 20 heavy (non-hydrogen) atoms. The molecule has 7 heteroatoms. The third-order valence-electron chi connectivity index (χ3n) is 2.60. The number of nitrogens with one attached hydrogen (secondary N) is 1. The number of halogens is 3. The predicted octanol–water partition coefficient (Wildman–Crippen LogP) is 2.53. The molecule has 0 fully saturated rings. The van der Waals surface area contributed by atoms with Gasteiger partial charge in [0.25, 0.3) is 0 Å². The smallest absolute Gasteiger partial charge is 0.248 e. The minimum Gasteiger partial charge on any atom is -0.397 e. The third kappa shape index (κ3) is 2.66. The predicted molar refractivity (Wildman–Crippen MR) is 69.0 cm³/mol. The van der Waals surface area contributed by atoms with Crippen molar-refractivity contribution in [1.29, 1.82) is 0 Å². The van der Waals surface area contributed by atoms with Crippen molar-refractivity contribution in [3.05, 3.63) is 53.3 Å². The van der Waals surface area contributed by atoms with E-state index in [1.54, 1.807) is 0 Å². The Kier molecular flexibility index (Phi) is 3.51. The molecule has 0 aliphatic rings. The molecule has 2 aromatic carbocycles. The quantitative estimate of drug-likeness (QED) is 0.597. The first kappa shape index (κ1) is 13.7. The molecule has 5 N–H and O–H groups in total. The fourth-order valence-electron chi connectivity index (χ4n) is 1.61. The lowest BCUT2D eigenvalue weighted by atomic mass is 10.1. The standard InChI is InChI=1S/C13H10F3N3O/c14-8-4-7(5-9(15)12(8)16)19-11-2-1-6(13(18)20)3-10(11)17/h1-5,19H,17H2,(H2,18,20). The van der Waals surface area contributed by atoms with Gasteiger partial charge in [0, 0.05) is 23.4 Å². The Morgan fingerprint density at radius 3 is 2.15 bits per heavy atom. The fourth-order valence-corrected chi connectivity index (χ4v) is 1.61. The minimum atomic E-state index is -1.55. The average molecular weight is 281 g/mol. The summed E-state index contributed by atoms with van der Waals surface area (Å²) in [6, 6.07) is 5.73. The molecule has 0 saturated carbocycles. The lowest BCUT2D eigenvalue weighted by Gasteiger charge is -2.10. The van der Waals surface area contributed by atoms with Gasteiger partial charge >= 0.3 is 0 Å². The highest BCUT2D eigenvalue weighted by atomic mass is 19.2. The molecule has 0 heterocycles. The van der Waals surface area contributed by atoms with Crippen molar-refractivity contribution < 1.29 is 18.0 Å². The van der Waals surface area contributed by atoms with Crippen molar-refractivity contribution in [3.63, 3.8) is 0 Å². The van der Waals surface area contributed by atoms with Gasteiger partial charge in [0.05, 0.1) is 11.4 Å². The van der Waals surface area contributed by atoms with E-state index in [1.807, 2.05) is 0 Å². The van der Waals surface area contributed by atoms with Gasteiger partial charge in [-0.25, -0.2) is 13.2 Å². The largest absolute Gasteiger partial charge is 0.397 e. The second kappa shape index (κ2) is 5.12. The molecule has 104 valence electrons. The van der Waals surface area contributed by atoms with Gasteiger partial charge in [-0.3, -0.25) is 4.79 Å². The Morgan fingerprint density at radius 1 is 1.05 bits per heavy atom. The van der Waals surface area contributed by atoms with E-state index in [2.05, 4.69) is 5.32 Å². The van der Waals surface area contributed by atoms with Crippen LogP contribution in [0.25, 0.3) is 0 Å². The fraction of sp³-hybridized carbons (Fsp3) is 0. The maximum atomic E-state index is 13.1. The van der Waals surface area contributed by atoms with E-state index in [0.29, 0.717) is 5.69 Å². The van der Waals surface area contributed by atoms with Crippen LogP contribution in [0.15, 0.2) is 30.3 Å². The third-order valence-corrected chi connectivity index (χ3v) is 2.60. The van der Waals surface area contributed by atoms with E-state index in [4.69, 9.17) is 11.5 Å². The highest BCUT2D eigenvalue weighted by Gasteiger charge is 2.11. The van der Waals surface area contributed by atoms with Crippen LogP contribution in [0, 0.1) is 17.5 Å². The number of amides is 1. The number of hydrogen-bond acceptors (Lipinski definition) is 3. The summed E-state index contributed by atoms with van der Waals surface area (Å²) in [6.07, 6.45) is 0. The second-order valence-corrected chi connectivity index (χ2v) is 4.05. The zero-order chi connectivity index (χ0) is 14.9. The number of nitrogen functional groups attached to an aromatic ring is 1. The SMILES string of the molecule is NC(=O)c1ccc(Nc2cc(F)c(F)c(F)c2)c(N)c1. The summed E-state index contributed by atoms with van der Waals surface area (Å²) in [5.74, 6) is -4.84. The monoisotopic (exact) mass is 281 g/mol. The van der Waals surface area contributed by atoms with Crippen LogP contribution in [0.5, 0.6) is 0 Å². The Morgan fingerprint density at radius 2 is 1.65 bits per heavy atom. The molecular weight excluding hydrogens is 271 g/mol. The van der Waals surface area contributed by atoms with Gasteiger partial charge in [-0.1, -0.05) is 0 Å². The summed E-state index contributed by atoms with van der Waals surface area (Å²) >= 11 is 0. The van der Waals surface area contributed by atoms with Crippen LogP contribution in [-0.2, 0) is 0 Å². The first-order valence-corrected chi connectivity index (χ1v) is 5.49. The summed E-state index contributed by atoms with van der Waals surface area (Å²) in [5, 5.41) is 2.62. The van der Waals surface area contributed by atoms with Crippen LogP contribution in [0.1, 0.15) is 10.4 Å². The van der Waals surface area contributed by atoms with E-state index >= 15 is 0 Å². The van der Waals surface area contributed by atoms with Crippen molar-refractivity contribution >= 4 is 23.0 Å². The van der Waals surface area contributed by atoms with E-state index in [1.165, 1.54) is 18.2 Å². The van der Waals surface area contributed by atoms with Gasteiger partial charge in [0.15, 0.2) is 17.5 Å². The van der Waals surface area contributed by atoms with Crippen molar-refractivity contribution in [2.45, 2.75) is 0 Å². The Labute approximate surface area is 112 Å². The molecule has 0 aliphatic carbocycles. The van der Waals surface area contributed by atoms with Crippen LogP contribution < -0.4 is 16.8 Å². The molecule has 0 radical (unpaired) electrons. The van der Waals surface area contributed by atoms with Gasteiger partial charge in [-0.2, -0.15) is 0 Å². The van der Waals surface area contributed by atoms with E-state index < -0.39 is 23.4 Å². The Hall–Kier alpha value is -2.70. The topological polar surface area (TPSA) is 81.1 Å². The number of primary amides is 1. The number of hydrogen-bond donors (Lipinski definition) is 3. The molecule has 0 unspecified atom stereocenters. The van der Waals surface area contributed by atoms with Crippen molar-refractivity contribution in [3.8, 4) is 0 Å². The normalized spacial score (nSPS) is 10.3. The summed E-state index contributed by atoms with van der Waals surface area (Å²) in [5.41, 5.74) is 11.4. The molecule has 4 nitrogen and oxygen atoms in total. The maximum Gasteiger partial charge on any atom is 0.248 e. The highest BCUT2D eigenvalue weighted by Crippen LogP contribution is 2.26. The first-order valence-electron chi connectivity index (χ1n) is 5.49. The van der Waals surface area contributed by atoms with Gasteiger partial charge in [-0.15, -0.1) is 0 Å². The average Bonchev–Trinajstić information content (AvgIpc) is 2.38. The number of carbonyl (C=O) groups excluding carboxylic acids is 1. The van der Waals surface area contributed by atoms with Gasteiger partial charge in [0.1, 0.15) is 0 Å². The lowest BCUT2D eigenvalue weighted by Crippen LogP contribution is -2.11. The van der Waals surface area contributed by atoms with E-state index in [0.717, 1.165) is 12.1 Å². The first-order chi connectivity index (χ1) is 9.38. The van der Waals surface area contributed by atoms with Crippen LogP contribution in [0.4, 0.5) is 30.2 Å². The maximum absolute atomic E-state index is 13.1. The van der Waals surface area contributed by atoms with Crippen LogP contribution in [0.2, 0.25) is 0 Å². The molecule has 0 aromatic heterocycles. The van der Waals surface area contributed by atoms with Crippen LogP contribution >= 0.6 is 0 Å². The minimum absolute atomic E-state index is 0.0140. The molecular formula is C13H10F3N3O. The summed E-state index contributed by atoms with van der Waals surface area (Å²) < 4.78 is 38.9. The van der Waals surface area contributed by atoms with Gasteiger partial charge in [0.2, 0.25) is 5.91 Å².